The van der Waals surface area contributed by atoms with Crippen LogP contribution in [0.2, 0.25) is 0 Å². The number of aryl methyl sites for hydroxylation is 1. The second-order valence-corrected chi connectivity index (χ2v) is 4.87. The number of hydrogen-bond donors (Lipinski definition) is 1. The normalized spacial score (nSPS) is 22.8. The molecular weight excluding hydrogens is 214 g/mol. The fraction of sp³-hybridized carbons (Fsp3) is 0.769. The van der Waals surface area contributed by atoms with Gasteiger partial charge in [-0.3, -0.25) is 0 Å². The van der Waals surface area contributed by atoms with Crippen LogP contribution in [0, 0.1) is 12.8 Å². The molecule has 4 nitrogen and oxygen atoms in total. The molecule has 1 N–H and O–H groups in total. The topological polar surface area (TPSA) is 39.1 Å². The number of ether oxygens (including phenoxy) is 1. The van der Waals surface area contributed by atoms with Crippen LogP contribution in [0.15, 0.2) is 6.20 Å². The minimum absolute atomic E-state index is 0.658. The van der Waals surface area contributed by atoms with Gasteiger partial charge >= 0.3 is 0 Å². The first-order valence-corrected chi connectivity index (χ1v) is 6.59. The maximum absolute atomic E-state index is 5.32. The second kappa shape index (κ2) is 5.54. The summed E-state index contributed by atoms with van der Waals surface area (Å²) in [7, 11) is 0. The molecule has 1 aliphatic carbocycles. The first-order chi connectivity index (χ1) is 8.22. The Hall–Kier alpha value is -1.03. The van der Waals surface area contributed by atoms with Crippen LogP contribution < -0.4 is 5.32 Å². The van der Waals surface area contributed by atoms with E-state index < -0.39 is 0 Å². The molecule has 0 bridgehead atoms. The first-order valence-electron chi connectivity index (χ1n) is 6.59. The highest BCUT2D eigenvalue weighted by molar-refractivity contribution is 5.30. The van der Waals surface area contributed by atoms with Crippen molar-refractivity contribution in [2.75, 3.05) is 25.1 Å². The van der Waals surface area contributed by atoms with E-state index in [4.69, 9.17) is 4.74 Å². The molecule has 4 heteroatoms. The number of imidazole rings is 1. The highest BCUT2D eigenvalue weighted by Gasteiger charge is 2.35. The van der Waals surface area contributed by atoms with Gasteiger partial charge in [0.15, 0.2) is 0 Å². The van der Waals surface area contributed by atoms with Crippen LogP contribution in [0.1, 0.15) is 38.4 Å². The number of nitrogens with one attached hydrogen (secondary N) is 1. The smallest absolute Gasteiger partial charge is 0.203 e. The van der Waals surface area contributed by atoms with Crippen LogP contribution in [0.3, 0.4) is 0 Å². The largest absolute Gasteiger partial charge is 0.382 e. The number of nitrogens with zero attached hydrogens (tertiary/aromatic N) is 2. The molecule has 1 aliphatic rings. The summed E-state index contributed by atoms with van der Waals surface area (Å²) in [5.74, 6) is 1.82. The predicted octanol–water partition coefficient (Wildman–Crippen LogP) is 2.61. The molecule has 1 fully saturated rings. The lowest BCUT2D eigenvalue weighted by atomic mass is 10.4. The summed E-state index contributed by atoms with van der Waals surface area (Å²) in [6.07, 6.45) is 4.46. The predicted molar refractivity (Wildman–Crippen MR) is 69.4 cm³/mol. The lowest BCUT2D eigenvalue weighted by Gasteiger charge is -2.09. The molecule has 1 aromatic heterocycles. The van der Waals surface area contributed by atoms with Crippen molar-refractivity contribution in [2.24, 2.45) is 5.92 Å². The Kier molecular flexibility index (Phi) is 4.05. The molecule has 1 saturated carbocycles. The standard InChI is InChI=1S/C13H23N3O/c1-4-17-7-5-6-14-13-15-11(3)9-16(13)12-8-10(12)2/h9-10,12H,4-8H2,1-3H3,(H,14,15). The zero-order chi connectivity index (χ0) is 12.3. The molecule has 0 saturated heterocycles. The number of rotatable bonds is 7. The Morgan fingerprint density at radius 2 is 2.35 bits per heavy atom. The van der Waals surface area contributed by atoms with E-state index in [0.717, 1.165) is 43.7 Å². The van der Waals surface area contributed by atoms with Gasteiger partial charge in [0.2, 0.25) is 5.95 Å². The molecule has 0 aliphatic heterocycles. The molecule has 1 aromatic rings. The van der Waals surface area contributed by atoms with Crippen LogP contribution in [-0.4, -0.2) is 29.3 Å². The van der Waals surface area contributed by atoms with E-state index in [-0.39, 0.29) is 0 Å². The van der Waals surface area contributed by atoms with Gasteiger partial charge in [-0.25, -0.2) is 4.98 Å². The van der Waals surface area contributed by atoms with Gasteiger partial charge in [-0.15, -0.1) is 0 Å². The third-order valence-corrected chi connectivity index (χ3v) is 3.23. The number of hydrogen-bond acceptors (Lipinski definition) is 3. The molecule has 17 heavy (non-hydrogen) atoms. The lowest BCUT2D eigenvalue weighted by Crippen LogP contribution is -2.10. The summed E-state index contributed by atoms with van der Waals surface area (Å²) in [4.78, 5) is 4.54. The minimum Gasteiger partial charge on any atom is -0.382 e. The highest BCUT2D eigenvalue weighted by Crippen LogP contribution is 2.44. The summed E-state index contributed by atoms with van der Waals surface area (Å²) in [5, 5.41) is 3.41. The van der Waals surface area contributed by atoms with Gasteiger partial charge in [0.05, 0.1) is 5.69 Å². The molecule has 0 radical (unpaired) electrons. The molecular formula is C13H23N3O. The van der Waals surface area contributed by atoms with E-state index in [9.17, 15) is 0 Å². The van der Waals surface area contributed by atoms with E-state index in [0.29, 0.717) is 6.04 Å². The van der Waals surface area contributed by atoms with E-state index in [1.54, 1.807) is 0 Å². The van der Waals surface area contributed by atoms with Crippen LogP contribution >= 0.6 is 0 Å². The molecule has 2 unspecified atom stereocenters. The SMILES string of the molecule is CCOCCCNc1nc(C)cn1C1CC1C. The molecule has 1 heterocycles. The van der Waals surface area contributed by atoms with Gasteiger partial charge in [0.25, 0.3) is 0 Å². The first kappa shape index (κ1) is 12.4. The number of aromatic nitrogens is 2. The Morgan fingerprint density at radius 1 is 1.59 bits per heavy atom. The highest BCUT2D eigenvalue weighted by atomic mass is 16.5. The van der Waals surface area contributed by atoms with Crippen LogP contribution in [0.25, 0.3) is 0 Å². The summed E-state index contributed by atoms with van der Waals surface area (Å²) < 4.78 is 7.61. The van der Waals surface area contributed by atoms with Gasteiger partial charge in [0, 0.05) is 32.0 Å². The Labute approximate surface area is 103 Å². The zero-order valence-electron chi connectivity index (χ0n) is 11.1. The fourth-order valence-electron chi connectivity index (χ4n) is 2.11. The van der Waals surface area contributed by atoms with Gasteiger partial charge < -0.3 is 14.6 Å². The quantitative estimate of drug-likeness (QED) is 0.741. The summed E-state index contributed by atoms with van der Waals surface area (Å²) in [5.41, 5.74) is 1.09. The van der Waals surface area contributed by atoms with Crippen molar-refractivity contribution in [3.05, 3.63) is 11.9 Å². The van der Waals surface area contributed by atoms with Gasteiger partial charge in [-0.1, -0.05) is 6.92 Å². The lowest BCUT2D eigenvalue weighted by molar-refractivity contribution is 0.147. The fourth-order valence-corrected chi connectivity index (χ4v) is 2.11. The minimum atomic E-state index is 0.658. The van der Waals surface area contributed by atoms with Crippen molar-refractivity contribution in [3.8, 4) is 0 Å². The summed E-state index contributed by atoms with van der Waals surface area (Å²) in [6.45, 7) is 8.92. The molecule has 2 rings (SSSR count). The van der Waals surface area contributed by atoms with Gasteiger partial charge in [0.1, 0.15) is 0 Å². The average molecular weight is 237 g/mol. The summed E-state index contributed by atoms with van der Waals surface area (Å²) in [6, 6.07) is 0.658. The van der Waals surface area contributed by atoms with Crippen LogP contribution in [0.5, 0.6) is 0 Å². The number of anilines is 1. The van der Waals surface area contributed by atoms with Crippen molar-refractivity contribution in [3.63, 3.8) is 0 Å². The summed E-state index contributed by atoms with van der Waals surface area (Å²) >= 11 is 0. The van der Waals surface area contributed by atoms with E-state index in [1.807, 2.05) is 6.92 Å². The maximum atomic E-state index is 5.32. The maximum Gasteiger partial charge on any atom is 0.203 e. The van der Waals surface area contributed by atoms with E-state index >= 15 is 0 Å². The monoisotopic (exact) mass is 237 g/mol. The average Bonchev–Trinajstić information content (AvgIpc) is 2.90. The zero-order valence-corrected chi connectivity index (χ0v) is 11.1. The van der Waals surface area contributed by atoms with Crippen molar-refractivity contribution in [1.82, 2.24) is 9.55 Å². The van der Waals surface area contributed by atoms with Gasteiger partial charge in [-0.2, -0.15) is 0 Å². The van der Waals surface area contributed by atoms with Crippen molar-refractivity contribution < 1.29 is 4.74 Å². The van der Waals surface area contributed by atoms with Crippen molar-refractivity contribution in [1.29, 1.82) is 0 Å². The van der Waals surface area contributed by atoms with Crippen LogP contribution in [-0.2, 0) is 4.74 Å². The third-order valence-electron chi connectivity index (χ3n) is 3.23. The van der Waals surface area contributed by atoms with Crippen molar-refractivity contribution in [2.45, 2.75) is 39.7 Å². The van der Waals surface area contributed by atoms with Gasteiger partial charge in [-0.05, 0) is 32.6 Å². The third kappa shape index (κ3) is 3.22. The van der Waals surface area contributed by atoms with E-state index in [2.05, 4.69) is 34.9 Å². The molecule has 96 valence electrons. The van der Waals surface area contributed by atoms with E-state index in [1.165, 1.54) is 6.42 Å². The molecule has 0 spiro atoms. The molecule has 0 aromatic carbocycles. The van der Waals surface area contributed by atoms with Crippen molar-refractivity contribution >= 4 is 5.95 Å². The second-order valence-electron chi connectivity index (χ2n) is 4.87. The Morgan fingerprint density at radius 3 is 3.00 bits per heavy atom. The molecule has 0 amide bonds. The Bertz CT molecular complexity index is 362. The Balaban J connectivity index is 1.83. The molecule has 2 atom stereocenters. The van der Waals surface area contributed by atoms with Crippen LogP contribution in [0.4, 0.5) is 5.95 Å².